The number of rotatable bonds is 7. The smallest absolute Gasteiger partial charge is 0.310 e. The summed E-state index contributed by atoms with van der Waals surface area (Å²) in [6, 6.07) is 11.6. The third-order valence-electron chi connectivity index (χ3n) is 3.69. The summed E-state index contributed by atoms with van der Waals surface area (Å²) >= 11 is 5.87. The molecule has 0 spiro atoms. The van der Waals surface area contributed by atoms with E-state index in [9.17, 15) is 14.9 Å². The maximum atomic E-state index is 12.2. The SMILES string of the molecule is CCC(NC(=O)COc1cc(C)ccc1[N+](=O)[O-])c1ccc(Cl)cc1. The third-order valence-corrected chi connectivity index (χ3v) is 3.94. The third kappa shape index (κ3) is 5.19. The van der Waals surface area contributed by atoms with Crippen molar-refractivity contribution in [2.24, 2.45) is 0 Å². The molecular formula is C18H19ClN2O4. The van der Waals surface area contributed by atoms with Crippen molar-refractivity contribution in [2.45, 2.75) is 26.3 Å². The number of benzene rings is 2. The molecule has 0 aliphatic rings. The molecule has 132 valence electrons. The van der Waals surface area contributed by atoms with Crippen molar-refractivity contribution >= 4 is 23.2 Å². The van der Waals surface area contributed by atoms with Crippen LogP contribution in [0.25, 0.3) is 0 Å². The van der Waals surface area contributed by atoms with Gasteiger partial charge < -0.3 is 10.1 Å². The first-order valence-corrected chi connectivity index (χ1v) is 8.21. The molecule has 0 heterocycles. The second-order valence-corrected chi connectivity index (χ2v) is 6.03. The van der Waals surface area contributed by atoms with Crippen LogP contribution in [0.15, 0.2) is 42.5 Å². The van der Waals surface area contributed by atoms with Crippen molar-refractivity contribution in [2.75, 3.05) is 6.61 Å². The van der Waals surface area contributed by atoms with Crippen LogP contribution < -0.4 is 10.1 Å². The first kappa shape index (κ1) is 18.7. The minimum absolute atomic E-state index is 0.0830. The summed E-state index contributed by atoms with van der Waals surface area (Å²) < 4.78 is 5.37. The molecule has 0 fully saturated rings. The Labute approximate surface area is 150 Å². The molecular weight excluding hydrogens is 344 g/mol. The predicted octanol–water partition coefficient (Wildman–Crippen LogP) is 4.20. The fourth-order valence-electron chi connectivity index (χ4n) is 2.38. The molecule has 1 atom stereocenters. The van der Waals surface area contributed by atoms with Crippen molar-refractivity contribution in [3.05, 3.63) is 68.7 Å². The highest BCUT2D eigenvalue weighted by Gasteiger charge is 2.18. The second-order valence-electron chi connectivity index (χ2n) is 5.60. The number of nitro groups is 1. The molecule has 2 aromatic carbocycles. The van der Waals surface area contributed by atoms with Gasteiger partial charge in [-0.25, -0.2) is 0 Å². The van der Waals surface area contributed by atoms with E-state index in [4.69, 9.17) is 16.3 Å². The topological polar surface area (TPSA) is 81.5 Å². The van der Waals surface area contributed by atoms with Crippen LogP contribution in [0.1, 0.15) is 30.5 Å². The van der Waals surface area contributed by atoms with Crippen LogP contribution in [0.3, 0.4) is 0 Å². The van der Waals surface area contributed by atoms with Crippen LogP contribution in [-0.2, 0) is 4.79 Å². The van der Waals surface area contributed by atoms with Crippen molar-refractivity contribution < 1.29 is 14.5 Å². The Morgan fingerprint density at radius 2 is 1.96 bits per heavy atom. The first-order valence-electron chi connectivity index (χ1n) is 7.83. The zero-order chi connectivity index (χ0) is 18.4. The Kier molecular flexibility index (Phi) is 6.36. The standard InChI is InChI=1S/C18H19ClN2O4/c1-3-15(13-5-7-14(19)8-6-13)20-18(22)11-25-17-10-12(2)4-9-16(17)21(23)24/h4-10,15H,3,11H2,1-2H3,(H,20,22). The number of hydrogen-bond acceptors (Lipinski definition) is 4. The van der Waals surface area contributed by atoms with Gasteiger partial charge in [-0.15, -0.1) is 0 Å². The van der Waals surface area contributed by atoms with Gasteiger partial charge in [-0.1, -0.05) is 36.7 Å². The Bertz CT molecular complexity index is 762. The number of hydrogen-bond donors (Lipinski definition) is 1. The summed E-state index contributed by atoms with van der Waals surface area (Å²) in [6.07, 6.45) is 0.692. The quantitative estimate of drug-likeness (QED) is 0.591. The molecule has 2 rings (SSSR count). The maximum Gasteiger partial charge on any atom is 0.310 e. The van der Waals surface area contributed by atoms with Gasteiger partial charge in [-0.2, -0.15) is 0 Å². The number of halogens is 1. The highest BCUT2D eigenvalue weighted by Crippen LogP contribution is 2.27. The van der Waals surface area contributed by atoms with Crippen LogP contribution in [0, 0.1) is 17.0 Å². The molecule has 7 heteroatoms. The van der Waals surface area contributed by atoms with Gasteiger partial charge in [0.2, 0.25) is 0 Å². The van der Waals surface area contributed by atoms with E-state index in [2.05, 4.69) is 5.32 Å². The molecule has 1 unspecified atom stereocenters. The number of nitrogens with zero attached hydrogens (tertiary/aromatic N) is 1. The van der Waals surface area contributed by atoms with E-state index < -0.39 is 4.92 Å². The number of nitro benzene ring substituents is 1. The Balaban J connectivity index is 2.01. The van der Waals surface area contributed by atoms with Crippen LogP contribution >= 0.6 is 11.6 Å². The zero-order valence-electron chi connectivity index (χ0n) is 14.0. The fourth-order valence-corrected chi connectivity index (χ4v) is 2.51. The number of nitrogens with one attached hydrogen (secondary N) is 1. The lowest BCUT2D eigenvalue weighted by molar-refractivity contribution is -0.385. The van der Waals surface area contributed by atoms with Crippen LogP contribution in [0.2, 0.25) is 5.02 Å². The minimum atomic E-state index is -0.533. The van der Waals surface area contributed by atoms with E-state index in [1.807, 2.05) is 19.1 Å². The van der Waals surface area contributed by atoms with Crippen LogP contribution in [0.5, 0.6) is 5.75 Å². The summed E-state index contributed by atoms with van der Waals surface area (Å²) in [6.45, 7) is 3.45. The van der Waals surface area contributed by atoms with Gasteiger partial charge in [0.15, 0.2) is 12.4 Å². The van der Waals surface area contributed by atoms with Gasteiger partial charge in [-0.3, -0.25) is 14.9 Å². The summed E-state index contributed by atoms with van der Waals surface area (Å²) in [4.78, 5) is 22.7. The summed E-state index contributed by atoms with van der Waals surface area (Å²) in [7, 11) is 0. The monoisotopic (exact) mass is 362 g/mol. The van der Waals surface area contributed by atoms with Gasteiger partial charge in [0.25, 0.3) is 5.91 Å². The summed E-state index contributed by atoms with van der Waals surface area (Å²) in [5.74, 6) is -0.266. The van der Waals surface area contributed by atoms with E-state index in [0.29, 0.717) is 11.4 Å². The first-order chi connectivity index (χ1) is 11.9. The van der Waals surface area contributed by atoms with Gasteiger partial charge >= 0.3 is 5.69 Å². The lowest BCUT2D eigenvalue weighted by atomic mass is 10.0. The van der Waals surface area contributed by atoms with E-state index in [-0.39, 0.29) is 30.0 Å². The van der Waals surface area contributed by atoms with E-state index in [1.165, 1.54) is 6.07 Å². The lowest BCUT2D eigenvalue weighted by Gasteiger charge is -2.18. The number of carbonyl (C=O) groups is 1. The number of aryl methyl sites for hydroxylation is 1. The lowest BCUT2D eigenvalue weighted by Crippen LogP contribution is -2.32. The fraction of sp³-hybridized carbons (Fsp3) is 0.278. The molecule has 0 aliphatic carbocycles. The maximum absolute atomic E-state index is 12.2. The van der Waals surface area contributed by atoms with Crippen LogP contribution in [-0.4, -0.2) is 17.4 Å². The van der Waals surface area contributed by atoms with Crippen molar-refractivity contribution in [3.63, 3.8) is 0 Å². The molecule has 2 aromatic rings. The molecule has 0 aromatic heterocycles. The molecule has 0 bridgehead atoms. The molecule has 1 amide bonds. The van der Waals surface area contributed by atoms with Gasteiger partial charge in [0.05, 0.1) is 11.0 Å². The molecule has 0 saturated heterocycles. The van der Waals surface area contributed by atoms with E-state index in [1.54, 1.807) is 31.2 Å². The van der Waals surface area contributed by atoms with Crippen LogP contribution in [0.4, 0.5) is 5.69 Å². The molecule has 0 aliphatic heterocycles. The Hall–Kier alpha value is -2.60. The molecule has 1 N–H and O–H groups in total. The van der Waals surface area contributed by atoms with Gasteiger partial charge in [0, 0.05) is 11.1 Å². The number of amides is 1. The highest BCUT2D eigenvalue weighted by molar-refractivity contribution is 6.30. The van der Waals surface area contributed by atoms with E-state index >= 15 is 0 Å². The molecule has 6 nitrogen and oxygen atoms in total. The summed E-state index contributed by atoms with van der Waals surface area (Å²) in [5.41, 5.74) is 1.58. The zero-order valence-corrected chi connectivity index (χ0v) is 14.7. The van der Waals surface area contributed by atoms with Crippen molar-refractivity contribution in [1.29, 1.82) is 0 Å². The van der Waals surface area contributed by atoms with Crippen molar-refractivity contribution in [3.8, 4) is 5.75 Å². The highest BCUT2D eigenvalue weighted by atomic mass is 35.5. The minimum Gasteiger partial charge on any atom is -0.477 e. The van der Waals surface area contributed by atoms with E-state index in [0.717, 1.165) is 11.1 Å². The Morgan fingerprint density at radius 3 is 2.56 bits per heavy atom. The van der Waals surface area contributed by atoms with Gasteiger partial charge in [-0.05, 0) is 42.7 Å². The number of ether oxygens (including phenoxy) is 1. The number of carbonyl (C=O) groups excluding carboxylic acids is 1. The molecule has 25 heavy (non-hydrogen) atoms. The Morgan fingerprint density at radius 1 is 1.28 bits per heavy atom. The molecule has 0 saturated carbocycles. The van der Waals surface area contributed by atoms with Gasteiger partial charge in [0.1, 0.15) is 0 Å². The second kappa shape index (κ2) is 8.48. The average molecular weight is 363 g/mol. The largest absolute Gasteiger partial charge is 0.477 e. The molecule has 0 radical (unpaired) electrons. The average Bonchev–Trinajstić information content (AvgIpc) is 2.58. The van der Waals surface area contributed by atoms with Crippen molar-refractivity contribution in [1.82, 2.24) is 5.32 Å². The predicted molar refractivity (Wildman–Crippen MR) is 96.0 cm³/mol. The normalized spacial score (nSPS) is 11.6. The summed E-state index contributed by atoms with van der Waals surface area (Å²) in [5, 5.41) is 14.5.